The van der Waals surface area contributed by atoms with E-state index in [2.05, 4.69) is 74.3 Å². The normalized spacial score (nSPS) is 10.9. The Hall–Kier alpha value is -1.72. The molecule has 0 saturated heterocycles. The molecule has 28 heavy (non-hydrogen) atoms. The molecule has 0 aliphatic rings. The summed E-state index contributed by atoms with van der Waals surface area (Å²) in [4.78, 5) is 0. The van der Waals surface area contributed by atoms with Crippen LogP contribution < -0.4 is 26.6 Å². The van der Waals surface area contributed by atoms with Crippen LogP contribution in [0.2, 0.25) is 0 Å². The molecule has 0 N–H and O–H groups in total. The predicted molar refractivity (Wildman–Crippen MR) is 119 cm³/mol. The molecule has 0 saturated carbocycles. The number of halogens is 2. The van der Waals surface area contributed by atoms with Crippen LogP contribution in [-0.4, -0.2) is 18.6 Å². The van der Waals surface area contributed by atoms with Gasteiger partial charge in [-0.3, -0.25) is 5.01 Å². The summed E-state index contributed by atoms with van der Waals surface area (Å²) in [6, 6.07) is 21.0. The first-order valence-electron chi connectivity index (χ1n) is 9.59. The van der Waals surface area contributed by atoms with Gasteiger partial charge in [-0.15, -0.1) is 0 Å². The maximum atomic E-state index is 4.63. The highest BCUT2D eigenvalue weighted by atomic mass is 79.9. The molecule has 0 radical (unpaired) electrons. The summed E-state index contributed by atoms with van der Waals surface area (Å²) in [7, 11) is 1.98. The van der Waals surface area contributed by atoms with Crippen molar-refractivity contribution in [1.82, 2.24) is 0 Å². The first-order chi connectivity index (χ1) is 13.3. The van der Waals surface area contributed by atoms with E-state index in [-0.39, 0.29) is 17.0 Å². The molecule has 3 nitrogen and oxygen atoms in total. The Kier molecular flexibility index (Phi) is 9.65. The van der Waals surface area contributed by atoms with Gasteiger partial charge >= 0.3 is 0 Å². The number of hydrogen-bond donors (Lipinski definition) is 0. The number of nitrogens with zero attached hydrogens (tertiary/aromatic N) is 3. The molecule has 2 aromatic carbocycles. The Morgan fingerprint density at radius 1 is 0.929 bits per heavy atom. The molecule has 3 rings (SSSR count). The minimum absolute atomic E-state index is 0. The van der Waals surface area contributed by atoms with Crippen molar-refractivity contribution >= 4 is 38.7 Å². The summed E-state index contributed by atoms with van der Waals surface area (Å²) in [6.07, 6.45) is 9.19. The Bertz CT molecular complexity index is 881. The van der Waals surface area contributed by atoms with Crippen LogP contribution >= 0.6 is 15.9 Å². The molecular weight excluding hydrogens is 478 g/mol. The zero-order valence-electron chi connectivity index (χ0n) is 16.3. The molecule has 0 bridgehead atoms. The number of benzene rings is 2. The predicted octanol–water partition coefficient (Wildman–Crippen LogP) is 2.56. The van der Waals surface area contributed by atoms with Gasteiger partial charge in [0.25, 0.3) is 0 Å². The number of anilines is 1. The van der Waals surface area contributed by atoms with Gasteiger partial charge in [0.1, 0.15) is 6.54 Å². The van der Waals surface area contributed by atoms with E-state index in [1.807, 2.05) is 36.5 Å². The van der Waals surface area contributed by atoms with Gasteiger partial charge in [-0.2, -0.15) is 9.67 Å². The summed E-state index contributed by atoms with van der Waals surface area (Å²) in [5.41, 5.74) is 3.49. The number of fused-ring (bicyclic) bond motifs is 1. The number of para-hydroxylation sites is 2. The third-order valence-corrected chi connectivity index (χ3v) is 5.30. The lowest BCUT2D eigenvalue weighted by Crippen LogP contribution is -3.00. The minimum Gasteiger partial charge on any atom is -1.00 e. The molecule has 0 unspecified atom stereocenters. The number of aryl methyl sites for hydroxylation is 1. The van der Waals surface area contributed by atoms with Gasteiger partial charge in [0.05, 0.1) is 17.3 Å². The van der Waals surface area contributed by atoms with Crippen LogP contribution in [0.5, 0.6) is 0 Å². The number of rotatable bonds is 9. The molecule has 0 spiro atoms. The van der Waals surface area contributed by atoms with Crippen molar-refractivity contribution in [3.8, 4) is 0 Å². The van der Waals surface area contributed by atoms with Crippen molar-refractivity contribution in [2.75, 3.05) is 17.4 Å². The van der Waals surface area contributed by atoms with Crippen LogP contribution in [0.3, 0.4) is 0 Å². The van der Waals surface area contributed by atoms with Gasteiger partial charge in [0.2, 0.25) is 5.52 Å². The second-order valence-corrected chi connectivity index (χ2v) is 7.48. The summed E-state index contributed by atoms with van der Waals surface area (Å²) in [5.74, 6) is 0. The lowest BCUT2D eigenvalue weighted by atomic mass is 10.1. The maximum absolute atomic E-state index is 4.63. The van der Waals surface area contributed by atoms with E-state index in [1.165, 1.54) is 36.6 Å². The Morgan fingerprint density at radius 3 is 2.43 bits per heavy atom. The molecule has 0 atom stereocenters. The van der Waals surface area contributed by atoms with Crippen LogP contribution in [0.1, 0.15) is 31.2 Å². The summed E-state index contributed by atoms with van der Waals surface area (Å²) < 4.78 is 2.36. The van der Waals surface area contributed by atoms with Crippen molar-refractivity contribution in [3.05, 3.63) is 72.4 Å². The second kappa shape index (κ2) is 12.0. The highest BCUT2D eigenvalue weighted by molar-refractivity contribution is 9.09. The van der Waals surface area contributed by atoms with Crippen LogP contribution in [0.25, 0.3) is 10.9 Å². The molecule has 1 aromatic heterocycles. The quantitative estimate of drug-likeness (QED) is 0.144. The average molecular weight is 505 g/mol. The molecule has 0 amide bonds. The molecular formula is C23H27Br2N3. The second-order valence-electron chi connectivity index (χ2n) is 6.69. The Morgan fingerprint density at radius 2 is 1.64 bits per heavy atom. The SMILES string of the molecule is CN(N=Cc1cc[n+](CCCCCCBr)c2ccccc12)c1ccccc1.[Br-]. The fourth-order valence-electron chi connectivity index (χ4n) is 3.21. The molecule has 148 valence electrons. The van der Waals surface area contributed by atoms with E-state index in [4.69, 9.17) is 0 Å². The van der Waals surface area contributed by atoms with E-state index in [0.717, 1.165) is 23.1 Å². The number of hydrogen-bond acceptors (Lipinski definition) is 2. The molecule has 1 heterocycles. The monoisotopic (exact) mass is 503 g/mol. The van der Waals surface area contributed by atoms with Crippen molar-refractivity contribution in [2.24, 2.45) is 5.10 Å². The number of aromatic nitrogens is 1. The van der Waals surface area contributed by atoms with Crippen LogP contribution in [0.4, 0.5) is 5.69 Å². The van der Waals surface area contributed by atoms with E-state index < -0.39 is 0 Å². The Labute approximate surface area is 187 Å². The lowest BCUT2D eigenvalue weighted by Gasteiger charge is -2.12. The van der Waals surface area contributed by atoms with E-state index in [9.17, 15) is 0 Å². The van der Waals surface area contributed by atoms with Gasteiger partial charge in [-0.1, -0.05) is 52.7 Å². The van der Waals surface area contributed by atoms with Gasteiger partial charge in [-0.05, 0) is 31.0 Å². The number of hydrazone groups is 1. The van der Waals surface area contributed by atoms with E-state index in [1.54, 1.807) is 0 Å². The van der Waals surface area contributed by atoms with Crippen LogP contribution in [0, 0.1) is 0 Å². The average Bonchev–Trinajstić information content (AvgIpc) is 2.73. The zero-order chi connectivity index (χ0) is 18.9. The molecule has 0 aliphatic carbocycles. The summed E-state index contributed by atoms with van der Waals surface area (Å²) in [5, 5.41) is 8.88. The fourth-order valence-corrected chi connectivity index (χ4v) is 3.60. The van der Waals surface area contributed by atoms with Crippen molar-refractivity contribution < 1.29 is 21.5 Å². The zero-order valence-corrected chi connectivity index (χ0v) is 19.4. The van der Waals surface area contributed by atoms with E-state index >= 15 is 0 Å². The van der Waals surface area contributed by atoms with Gasteiger partial charge in [-0.25, -0.2) is 0 Å². The smallest absolute Gasteiger partial charge is 0.213 e. The van der Waals surface area contributed by atoms with Gasteiger partial charge in [0.15, 0.2) is 6.20 Å². The van der Waals surface area contributed by atoms with Gasteiger partial charge in [0, 0.05) is 36.5 Å². The van der Waals surface area contributed by atoms with Crippen LogP contribution in [-0.2, 0) is 6.54 Å². The lowest BCUT2D eigenvalue weighted by molar-refractivity contribution is -0.671. The third kappa shape index (κ3) is 6.14. The highest BCUT2D eigenvalue weighted by Gasteiger charge is 2.11. The minimum atomic E-state index is 0. The largest absolute Gasteiger partial charge is 1.00 e. The number of pyridine rings is 1. The maximum Gasteiger partial charge on any atom is 0.213 e. The van der Waals surface area contributed by atoms with Gasteiger partial charge < -0.3 is 17.0 Å². The van der Waals surface area contributed by atoms with Crippen LogP contribution in [0.15, 0.2) is 72.0 Å². The molecule has 0 fully saturated rings. The number of unbranched alkanes of at least 4 members (excludes halogenated alkanes) is 3. The highest BCUT2D eigenvalue weighted by Crippen LogP contribution is 2.16. The summed E-state index contributed by atoms with van der Waals surface area (Å²) >= 11 is 3.51. The summed E-state index contributed by atoms with van der Waals surface area (Å²) in [6.45, 7) is 1.06. The number of alkyl halides is 1. The van der Waals surface area contributed by atoms with Crippen molar-refractivity contribution in [1.29, 1.82) is 0 Å². The first-order valence-corrected chi connectivity index (χ1v) is 10.7. The molecule has 5 heteroatoms. The molecule has 0 aliphatic heterocycles. The Balaban J connectivity index is 0.00000280. The molecule has 3 aromatic rings. The van der Waals surface area contributed by atoms with E-state index in [0.29, 0.717) is 0 Å². The standard InChI is InChI=1S/C23H27BrN3.BrH/c1-26(21-11-5-4-6-12-21)25-19-20-15-18-27(17-10-3-2-9-16-24)23-14-8-7-13-22(20)23;/h4-8,11-15,18-19H,2-3,9-10,16-17H2,1H3;1H/q+1;/p-1. The fraction of sp³-hybridized carbons (Fsp3) is 0.304. The third-order valence-electron chi connectivity index (χ3n) is 4.74. The van der Waals surface area contributed by atoms with Crippen molar-refractivity contribution in [2.45, 2.75) is 32.2 Å². The first kappa shape index (κ1) is 22.6. The van der Waals surface area contributed by atoms with Crippen molar-refractivity contribution in [3.63, 3.8) is 0 Å². The topological polar surface area (TPSA) is 19.5 Å².